The topological polar surface area (TPSA) is 70.1 Å². The van der Waals surface area contributed by atoms with E-state index in [1.54, 1.807) is 0 Å². The fraction of sp³-hybridized carbons (Fsp3) is 0.692. The minimum atomic E-state index is -0.111. The Balaban J connectivity index is 1.93. The number of aliphatic hydroxyl groups excluding tert-OH is 1. The average molecular weight is 250 g/mol. The van der Waals surface area contributed by atoms with Crippen LogP contribution >= 0.6 is 0 Å². The second-order valence-electron chi connectivity index (χ2n) is 4.97. The third-order valence-corrected chi connectivity index (χ3v) is 3.38. The van der Waals surface area contributed by atoms with E-state index in [1.165, 1.54) is 0 Å². The van der Waals surface area contributed by atoms with Crippen molar-refractivity contribution in [2.24, 2.45) is 5.92 Å². The first kappa shape index (κ1) is 13.1. The SMILES string of the molecule is CCNc1ncc(C)c(NCC2CCC(O)C2)n1. The Labute approximate surface area is 108 Å². The molecule has 1 fully saturated rings. The predicted molar refractivity (Wildman–Crippen MR) is 72.8 cm³/mol. The van der Waals surface area contributed by atoms with Crippen molar-refractivity contribution in [3.05, 3.63) is 11.8 Å². The summed E-state index contributed by atoms with van der Waals surface area (Å²) in [5.41, 5.74) is 1.05. The van der Waals surface area contributed by atoms with E-state index in [4.69, 9.17) is 0 Å². The van der Waals surface area contributed by atoms with Crippen molar-refractivity contribution >= 4 is 11.8 Å². The van der Waals surface area contributed by atoms with Gasteiger partial charge < -0.3 is 15.7 Å². The number of hydrogen-bond acceptors (Lipinski definition) is 5. The molecule has 18 heavy (non-hydrogen) atoms. The van der Waals surface area contributed by atoms with Crippen molar-refractivity contribution in [2.45, 2.75) is 39.2 Å². The summed E-state index contributed by atoms with van der Waals surface area (Å²) in [5.74, 6) is 2.11. The third-order valence-electron chi connectivity index (χ3n) is 3.38. The lowest BCUT2D eigenvalue weighted by molar-refractivity contribution is 0.178. The fourth-order valence-corrected chi connectivity index (χ4v) is 2.34. The van der Waals surface area contributed by atoms with Crippen LogP contribution in [0.5, 0.6) is 0 Å². The molecule has 1 aliphatic rings. The van der Waals surface area contributed by atoms with E-state index in [1.807, 2.05) is 20.0 Å². The first-order chi connectivity index (χ1) is 8.69. The zero-order chi connectivity index (χ0) is 13.0. The third kappa shape index (κ3) is 3.32. The highest BCUT2D eigenvalue weighted by atomic mass is 16.3. The van der Waals surface area contributed by atoms with Gasteiger partial charge >= 0.3 is 0 Å². The normalized spacial score (nSPS) is 23.1. The molecule has 0 saturated heterocycles. The Bertz CT molecular complexity index is 397. The number of aromatic nitrogens is 2. The van der Waals surface area contributed by atoms with Gasteiger partial charge in [0, 0.05) is 24.8 Å². The van der Waals surface area contributed by atoms with Gasteiger partial charge in [0.15, 0.2) is 0 Å². The van der Waals surface area contributed by atoms with Crippen LogP contribution in [0.1, 0.15) is 31.7 Å². The maximum atomic E-state index is 9.50. The first-order valence-electron chi connectivity index (χ1n) is 6.68. The lowest BCUT2D eigenvalue weighted by atomic mass is 10.1. The van der Waals surface area contributed by atoms with Crippen molar-refractivity contribution in [3.63, 3.8) is 0 Å². The van der Waals surface area contributed by atoms with Crippen LogP contribution in [0.3, 0.4) is 0 Å². The van der Waals surface area contributed by atoms with Gasteiger partial charge in [0.25, 0.3) is 0 Å². The molecule has 1 aliphatic carbocycles. The molecule has 1 aromatic heterocycles. The highest BCUT2D eigenvalue weighted by molar-refractivity contribution is 5.46. The molecule has 3 N–H and O–H groups in total. The van der Waals surface area contributed by atoms with Crippen LogP contribution in [-0.4, -0.2) is 34.3 Å². The van der Waals surface area contributed by atoms with Gasteiger partial charge in [-0.3, -0.25) is 0 Å². The van der Waals surface area contributed by atoms with E-state index in [2.05, 4.69) is 20.6 Å². The molecule has 2 unspecified atom stereocenters. The summed E-state index contributed by atoms with van der Waals surface area (Å²) in [6, 6.07) is 0. The molecule has 0 radical (unpaired) electrons. The second-order valence-corrected chi connectivity index (χ2v) is 4.97. The summed E-state index contributed by atoms with van der Waals surface area (Å²) in [7, 11) is 0. The molecule has 2 rings (SSSR count). The van der Waals surface area contributed by atoms with E-state index in [0.29, 0.717) is 11.9 Å². The second kappa shape index (κ2) is 6.00. The largest absolute Gasteiger partial charge is 0.393 e. The molecule has 5 nitrogen and oxygen atoms in total. The Morgan fingerprint density at radius 1 is 1.39 bits per heavy atom. The van der Waals surface area contributed by atoms with E-state index in [-0.39, 0.29) is 6.10 Å². The molecule has 1 aromatic rings. The first-order valence-corrected chi connectivity index (χ1v) is 6.68. The number of aryl methyl sites for hydroxylation is 1. The van der Waals surface area contributed by atoms with Crippen LogP contribution in [0.25, 0.3) is 0 Å². The summed E-state index contributed by atoms with van der Waals surface area (Å²) in [6.07, 6.45) is 4.64. The van der Waals surface area contributed by atoms with E-state index in [9.17, 15) is 5.11 Å². The Hall–Kier alpha value is -1.36. The van der Waals surface area contributed by atoms with Crippen LogP contribution in [0.2, 0.25) is 0 Å². The molecule has 1 heterocycles. The number of hydrogen-bond donors (Lipinski definition) is 3. The van der Waals surface area contributed by atoms with Crippen molar-refractivity contribution in [3.8, 4) is 0 Å². The molecular weight excluding hydrogens is 228 g/mol. The van der Waals surface area contributed by atoms with E-state index < -0.39 is 0 Å². The maximum absolute atomic E-state index is 9.50. The zero-order valence-corrected chi connectivity index (χ0v) is 11.1. The van der Waals surface area contributed by atoms with Crippen molar-refractivity contribution in [1.29, 1.82) is 0 Å². The van der Waals surface area contributed by atoms with Crippen LogP contribution in [0.15, 0.2) is 6.20 Å². The van der Waals surface area contributed by atoms with Gasteiger partial charge in [0.2, 0.25) is 5.95 Å². The lowest BCUT2D eigenvalue weighted by Gasteiger charge is -2.13. The average Bonchev–Trinajstić information content (AvgIpc) is 2.76. The van der Waals surface area contributed by atoms with Gasteiger partial charge in [0.1, 0.15) is 5.82 Å². The quantitative estimate of drug-likeness (QED) is 0.743. The number of anilines is 2. The molecule has 0 aliphatic heterocycles. The number of rotatable bonds is 5. The van der Waals surface area contributed by atoms with Crippen molar-refractivity contribution in [2.75, 3.05) is 23.7 Å². The van der Waals surface area contributed by atoms with Crippen LogP contribution in [0.4, 0.5) is 11.8 Å². The van der Waals surface area contributed by atoms with Crippen molar-refractivity contribution in [1.82, 2.24) is 9.97 Å². The summed E-state index contributed by atoms with van der Waals surface area (Å²) >= 11 is 0. The highest BCUT2D eigenvalue weighted by Crippen LogP contribution is 2.25. The Morgan fingerprint density at radius 3 is 2.89 bits per heavy atom. The molecule has 1 saturated carbocycles. The highest BCUT2D eigenvalue weighted by Gasteiger charge is 2.22. The molecule has 0 amide bonds. The molecule has 0 spiro atoms. The number of aliphatic hydroxyl groups is 1. The molecular formula is C13H22N4O. The minimum absolute atomic E-state index is 0.111. The lowest BCUT2D eigenvalue weighted by Crippen LogP contribution is -2.15. The van der Waals surface area contributed by atoms with Gasteiger partial charge in [-0.05, 0) is 39.0 Å². The maximum Gasteiger partial charge on any atom is 0.224 e. The standard InChI is InChI=1S/C13H22N4O/c1-3-14-13-16-7-9(2)12(17-13)15-8-10-4-5-11(18)6-10/h7,10-11,18H,3-6,8H2,1-2H3,(H2,14,15,16,17). The Kier molecular flexibility index (Phi) is 4.36. The van der Waals surface area contributed by atoms with Crippen LogP contribution in [-0.2, 0) is 0 Å². The minimum Gasteiger partial charge on any atom is -0.393 e. The molecule has 0 aromatic carbocycles. The van der Waals surface area contributed by atoms with E-state index >= 15 is 0 Å². The summed E-state index contributed by atoms with van der Waals surface area (Å²) < 4.78 is 0. The van der Waals surface area contributed by atoms with Gasteiger partial charge in [-0.1, -0.05) is 0 Å². The van der Waals surface area contributed by atoms with Gasteiger partial charge in [-0.2, -0.15) is 4.98 Å². The van der Waals surface area contributed by atoms with Gasteiger partial charge in [-0.25, -0.2) is 4.98 Å². The summed E-state index contributed by atoms with van der Waals surface area (Å²) in [5, 5.41) is 16.0. The fourth-order valence-electron chi connectivity index (χ4n) is 2.34. The summed E-state index contributed by atoms with van der Waals surface area (Å²) in [6.45, 7) is 5.72. The number of nitrogens with one attached hydrogen (secondary N) is 2. The summed E-state index contributed by atoms with van der Waals surface area (Å²) in [4.78, 5) is 8.66. The predicted octanol–water partition coefficient (Wildman–Crippen LogP) is 1.79. The van der Waals surface area contributed by atoms with Gasteiger partial charge in [-0.15, -0.1) is 0 Å². The Morgan fingerprint density at radius 2 is 2.22 bits per heavy atom. The van der Waals surface area contributed by atoms with Crippen LogP contribution < -0.4 is 10.6 Å². The number of nitrogens with zero attached hydrogens (tertiary/aromatic N) is 2. The molecule has 100 valence electrons. The zero-order valence-electron chi connectivity index (χ0n) is 11.1. The van der Waals surface area contributed by atoms with E-state index in [0.717, 1.165) is 43.7 Å². The molecule has 2 atom stereocenters. The van der Waals surface area contributed by atoms with Crippen LogP contribution in [0, 0.1) is 12.8 Å². The van der Waals surface area contributed by atoms with Gasteiger partial charge in [0.05, 0.1) is 6.10 Å². The van der Waals surface area contributed by atoms with Crippen molar-refractivity contribution < 1.29 is 5.11 Å². The molecule has 5 heteroatoms. The monoisotopic (exact) mass is 250 g/mol. The molecule has 0 bridgehead atoms. The smallest absolute Gasteiger partial charge is 0.224 e.